The third-order valence-electron chi connectivity index (χ3n) is 2.66. The van der Waals surface area contributed by atoms with E-state index in [0.29, 0.717) is 21.9 Å². The first-order valence-corrected chi connectivity index (χ1v) is 6.26. The third-order valence-corrected chi connectivity index (χ3v) is 3.47. The molecule has 0 aliphatic rings. The molecule has 1 atom stereocenters. The van der Waals surface area contributed by atoms with Crippen molar-refractivity contribution in [1.82, 2.24) is 0 Å². The molecule has 0 saturated carbocycles. The smallest absolute Gasteiger partial charge is 0.126 e. The molecule has 0 aromatic heterocycles. The molecule has 0 radical (unpaired) electrons. The predicted molar refractivity (Wildman–Crippen MR) is 72.1 cm³/mol. The minimum atomic E-state index is -0.733. The third kappa shape index (κ3) is 3.17. The molecule has 1 nitrogen and oxygen atoms in total. The lowest BCUT2D eigenvalue weighted by Gasteiger charge is -2.13. The summed E-state index contributed by atoms with van der Waals surface area (Å²) in [5.74, 6) is -0.765. The first-order valence-electron chi connectivity index (χ1n) is 5.44. The lowest BCUT2D eigenvalue weighted by Crippen LogP contribution is -1.97. The van der Waals surface area contributed by atoms with Crippen LogP contribution >= 0.6 is 23.2 Å². The molecule has 19 heavy (non-hydrogen) atoms. The van der Waals surface area contributed by atoms with Crippen molar-refractivity contribution in [2.24, 2.45) is 0 Å². The van der Waals surface area contributed by atoms with E-state index in [9.17, 15) is 8.78 Å². The number of hydrogen-bond acceptors (Lipinski definition) is 1. The van der Waals surface area contributed by atoms with E-state index in [4.69, 9.17) is 27.9 Å². The van der Waals surface area contributed by atoms with E-state index in [1.54, 1.807) is 18.2 Å². The highest BCUT2D eigenvalue weighted by Crippen LogP contribution is 2.35. The van der Waals surface area contributed by atoms with Crippen LogP contribution in [0.4, 0.5) is 8.78 Å². The second-order valence-corrected chi connectivity index (χ2v) is 4.80. The summed E-state index contributed by atoms with van der Waals surface area (Å²) in [6.45, 7) is 0. The maximum Gasteiger partial charge on any atom is 0.126 e. The van der Waals surface area contributed by atoms with Gasteiger partial charge >= 0.3 is 0 Å². The fourth-order valence-electron chi connectivity index (χ4n) is 1.74. The number of alkyl halides is 1. The lowest BCUT2D eigenvalue weighted by molar-refractivity contribution is 0.414. The van der Waals surface area contributed by atoms with Gasteiger partial charge in [-0.05, 0) is 35.4 Å². The maximum atomic E-state index is 13.2. The van der Waals surface area contributed by atoms with Crippen molar-refractivity contribution in [1.29, 1.82) is 0 Å². The SMILES string of the molecule is COc1ccc(C(Cl)c2cc(F)cc(F)c2)c(Cl)c1. The highest BCUT2D eigenvalue weighted by atomic mass is 35.5. The average Bonchev–Trinajstić information content (AvgIpc) is 2.36. The van der Waals surface area contributed by atoms with Gasteiger partial charge in [-0.15, -0.1) is 11.6 Å². The first kappa shape index (κ1) is 14.1. The van der Waals surface area contributed by atoms with Crippen molar-refractivity contribution in [2.45, 2.75) is 5.38 Å². The Labute approximate surface area is 119 Å². The molecule has 0 saturated heterocycles. The topological polar surface area (TPSA) is 9.23 Å². The van der Waals surface area contributed by atoms with Crippen LogP contribution in [0.5, 0.6) is 5.75 Å². The minimum Gasteiger partial charge on any atom is -0.497 e. The monoisotopic (exact) mass is 302 g/mol. The van der Waals surface area contributed by atoms with Crippen LogP contribution in [0.3, 0.4) is 0 Å². The predicted octanol–water partition coefficient (Wildman–Crippen LogP) is 4.96. The Morgan fingerprint density at radius 3 is 2.21 bits per heavy atom. The van der Waals surface area contributed by atoms with Crippen LogP contribution in [0.1, 0.15) is 16.5 Å². The lowest BCUT2D eigenvalue weighted by atomic mass is 10.0. The fourth-order valence-corrected chi connectivity index (χ4v) is 2.39. The van der Waals surface area contributed by atoms with E-state index in [-0.39, 0.29) is 0 Å². The fraction of sp³-hybridized carbons (Fsp3) is 0.143. The maximum absolute atomic E-state index is 13.2. The van der Waals surface area contributed by atoms with Gasteiger partial charge in [0, 0.05) is 11.1 Å². The molecule has 0 aliphatic heterocycles. The summed E-state index contributed by atoms with van der Waals surface area (Å²) in [6, 6.07) is 8.11. The Morgan fingerprint density at radius 1 is 1.05 bits per heavy atom. The van der Waals surface area contributed by atoms with Gasteiger partial charge in [0.05, 0.1) is 12.5 Å². The van der Waals surface area contributed by atoms with Crippen molar-refractivity contribution in [3.63, 3.8) is 0 Å². The molecule has 0 heterocycles. The highest BCUT2D eigenvalue weighted by Gasteiger charge is 2.16. The Balaban J connectivity index is 2.40. The van der Waals surface area contributed by atoms with Crippen LogP contribution in [0.25, 0.3) is 0 Å². The van der Waals surface area contributed by atoms with Crippen molar-refractivity contribution < 1.29 is 13.5 Å². The summed E-state index contributed by atoms with van der Waals surface area (Å²) in [5.41, 5.74) is 0.875. The van der Waals surface area contributed by atoms with Gasteiger partial charge in [0.2, 0.25) is 0 Å². The zero-order valence-electron chi connectivity index (χ0n) is 9.96. The van der Waals surface area contributed by atoms with Crippen LogP contribution in [0, 0.1) is 11.6 Å². The highest BCUT2D eigenvalue weighted by molar-refractivity contribution is 6.33. The summed E-state index contributed by atoms with van der Waals surface area (Å²) >= 11 is 12.3. The zero-order valence-corrected chi connectivity index (χ0v) is 11.5. The van der Waals surface area contributed by atoms with Crippen molar-refractivity contribution in [2.75, 3.05) is 7.11 Å². The summed E-state index contributed by atoms with van der Waals surface area (Å²) in [6.07, 6.45) is 0. The quantitative estimate of drug-likeness (QED) is 0.729. The van der Waals surface area contributed by atoms with E-state index in [1.807, 2.05) is 0 Å². The number of halogens is 4. The van der Waals surface area contributed by atoms with E-state index < -0.39 is 17.0 Å². The zero-order chi connectivity index (χ0) is 14.0. The number of hydrogen-bond donors (Lipinski definition) is 0. The minimum absolute atomic E-state index is 0.311. The molecule has 5 heteroatoms. The molecule has 0 spiro atoms. The second kappa shape index (κ2) is 5.76. The molecule has 2 aromatic rings. The molecule has 0 N–H and O–H groups in total. The van der Waals surface area contributed by atoms with Gasteiger partial charge in [0.1, 0.15) is 17.4 Å². The van der Waals surface area contributed by atoms with E-state index in [1.165, 1.54) is 19.2 Å². The molecular formula is C14H10Cl2F2O. The van der Waals surface area contributed by atoms with Crippen molar-refractivity contribution in [3.8, 4) is 5.75 Å². The van der Waals surface area contributed by atoms with Gasteiger partial charge in [-0.2, -0.15) is 0 Å². The summed E-state index contributed by atoms with van der Waals surface area (Å²) in [4.78, 5) is 0. The Kier molecular flexibility index (Phi) is 4.27. The Bertz CT molecular complexity index is 582. The molecular weight excluding hydrogens is 293 g/mol. The van der Waals surface area contributed by atoms with Gasteiger partial charge < -0.3 is 4.74 Å². The van der Waals surface area contributed by atoms with Crippen LogP contribution < -0.4 is 4.74 Å². The van der Waals surface area contributed by atoms with Crippen LogP contribution in [-0.4, -0.2) is 7.11 Å². The number of rotatable bonds is 3. The molecule has 0 bridgehead atoms. The van der Waals surface area contributed by atoms with Gasteiger partial charge in [-0.3, -0.25) is 0 Å². The van der Waals surface area contributed by atoms with Crippen molar-refractivity contribution in [3.05, 3.63) is 64.2 Å². The standard InChI is InChI=1S/C14H10Cl2F2O/c1-19-11-2-3-12(13(15)7-11)14(16)8-4-9(17)6-10(18)5-8/h2-7,14H,1H3. The van der Waals surface area contributed by atoms with Crippen molar-refractivity contribution >= 4 is 23.2 Å². The summed E-state index contributed by atoms with van der Waals surface area (Å²) in [7, 11) is 1.52. The van der Waals surface area contributed by atoms with E-state index in [0.717, 1.165) is 6.07 Å². The van der Waals surface area contributed by atoms with Crippen LogP contribution in [0.15, 0.2) is 36.4 Å². The molecule has 0 aliphatic carbocycles. The van der Waals surface area contributed by atoms with Crippen LogP contribution in [-0.2, 0) is 0 Å². The first-order chi connectivity index (χ1) is 9.01. The average molecular weight is 303 g/mol. The number of ether oxygens (including phenoxy) is 1. The van der Waals surface area contributed by atoms with Gasteiger partial charge in [0.25, 0.3) is 0 Å². The van der Waals surface area contributed by atoms with Gasteiger partial charge in [-0.25, -0.2) is 8.78 Å². The van der Waals surface area contributed by atoms with E-state index >= 15 is 0 Å². The van der Waals surface area contributed by atoms with Crippen LogP contribution in [0.2, 0.25) is 5.02 Å². The van der Waals surface area contributed by atoms with Gasteiger partial charge in [0.15, 0.2) is 0 Å². The Morgan fingerprint density at radius 2 is 1.68 bits per heavy atom. The molecule has 1 unspecified atom stereocenters. The molecule has 0 fully saturated rings. The largest absolute Gasteiger partial charge is 0.497 e. The molecule has 2 rings (SSSR count). The molecule has 100 valence electrons. The number of methoxy groups -OCH3 is 1. The number of benzene rings is 2. The normalized spacial score (nSPS) is 12.3. The summed E-state index contributed by atoms with van der Waals surface area (Å²) < 4.78 is 31.4. The second-order valence-electron chi connectivity index (χ2n) is 3.95. The molecule has 2 aromatic carbocycles. The molecule has 0 amide bonds. The summed E-state index contributed by atoms with van der Waals surface area (Å²) in [5, 5.41) is -0.354. The van der Waals surface area contributed by atoms with E-state index in [2.05, 4.69) is 0 Å². The Hall–Kier alpha value is -1.32. The van der Waals surface area contributed by atoms with Gasteiger partial charge in [-0.1, -0.05) is 17.7 Å².